The van der Waals surface area contributed by atoms with Gasteiger partial charge in [-0.1, -0.05) is 88.1 Å². The number of thioether (sulfide) groups is 1. The van der Waals surface area contributed by atoms with Crippen molar-refractivity contribution in [3.8, 4) is 0 Å². The van der Waals surface area contributed by atoms with Gasteiger partial charge in [0.1, 0.15) is 23.0 Å². The molecular weight excluding hydrogens is 765 g/mol. The van der Waals surface area contributed by atoms with Crippen LogP contribution < -0.4 is 10.6 Å². The molecule has 10 nitrogen and oxygen atoms in total. The number of rotatable bonds is 6. The van der Waals surface area contributed by atoms with Crippen molar-refractivity contribution >= 4 is 46.7 Å². The third-order valence-corrected chi connectivity index (χ3v) is 16.4. The minimum atomic E-state index is -1.64. The molecule has 2 heterocycles. The maximum atomic E-state index is 16.0. The molecule has 0 aromatic heterocycles. The van der Waals surface area contributed by atoms with Gasteiger partial charge in [0.2, 0.25) is 11.8 Å². The Morgan fingerprint density at radius 2 is 0.983 bits per heavy atom. The van der Waals surface area contributed by atoms with E-state index < -0.39 is 105 Å². The van der Waals surface area contributed by atoms with E-state index in [-0.39, 0.29) is 48.6 Å². The number of Topliss-reactive ketones (excluding diaryl/α,β-unsaturated/α-hetero) is 4. The van der Waals surface area contributed by atoms with Gasteiger partial charge in [0.25, 0.3) is 0 Å². The smallest absolute Gasteiger partial charge is 0.235 e. The maximum Gasteiger partial charge on any atom is 0.235 e. The van der Waals surface area contributed by atoms with Gasteiger partial charge in [-0.15, -0.1) is 11.8 Å². The number of ketones is 4. The molecule has 4 N–H and O–H groups in total. The van der Waals surface area contributed by atoms with Crippen molar-refractivity contribution in [1.82, 2.24) is 10.6 Å². The minimum Gasteiger partial charge on any atom is -0.385 e. The third kappa shape index (κ3) is 7.95. The fraction of sp³-hybridized carbons (Fsp3) is 0.708. The van der Waals surface area contributed by atoms with Gasteiger partial charge in [-0.2, -0.15) is 0 Å². The van der Waals surface area contributed by atoms with E-state index in [1.165, 1.54) is 0 Å². The highest BCUT2D eigenvalue weighted by Gasteiger charge is 2.69. The van der Waals surface area contributed by atoms with Crippen molar-refractivity contribution in [2.45, 2.75) is 155 Å². The zero-order valence-corrected chi connectivity index (χ0v) is 37.6. The van der Waals surface area contributed by atoms with Gasteiger partial charge in [-0.3, -0.25) is 28.8 Å². The van der Waals surface area contributed by atoms with E-state index in [1.807, 2.05) is 65.8 Å². The van der Waals surface area contributed by atoms with Crippen LogP contribution in [0.1, 0.15) is 121 Å². The zero-order chi connectivity index (χ0) is 43.5. The van der Waals surface area contributed by atoms with E-state index in [1.54, 1.807) is 0 Å². The molecular formula is C48H68N2O8S. The monoisotopic (exact) mass is 832 g/mol. The van der Waals surface area contributed by atoms with Crippen LogP contribution in [-0.4, -0.2) is 80.0 Å². The van der Waals surface area contributed by atoms with Crippen molar-refractivity contribution in [3.63, 3.8) is 0 Å². The normalized spacial score (nSPS) is 41.0. The zero-order valence-electron chi connectivity index (χ0n) is 36.8. The SMILES string of the molecule is CC1=C[C@H]2C=C(C)[C@@H](C)[C@H]3[C@H](CC(C)C)NC(=O)[C@@]23C(=O)[C@H](S[C@@H]2CC(=O)[C@H](O)CCC(C)=C[C@H]3C=C(C)[C@@H](C)[C@H]4[C@H](CC(C)C)NC(=O)[C@@]34C2=O)CC(=O)[C@H](O)CC1. The molecule has 2 spiro atoms. The highest BCUT2D eigenvalue weighted by Crippen LogP contribution is 2.59. The molecule has 6 aliphatic rings. The van der Waals surface area contributed by atoms with Gasteiger partial charge in [0.05, 0.1) is 10.5 Å². The summed E-state index contributed by atoms with van der Waals surface area (Å²) in [7, 11) is 0. The number of carbonyl (C=O) groups excluding carboxylic acids is 6. The van der Waals surface area contributed by atoms with E-state index in [4.69, 9.17) is 0 Å². The molecule has 0 aromatic carbocycles. The first-order valence-electron chi connectivity index (χ1n) is 22.1. The van der Waals surface area contributed by atoms with Gasteiger partial charge in [-0.05, 0) is 89.9 Å². The topological polar surface area (TPSA) is 167 Å². The molecule has 2 aliphatic heterocycles. The van der Waals surface area contributed by atoms with Gasteiger partial charge < -0.3 is 20.8 Å². The largest absolute Gasteiger partial charge is 0.385 e. The molecule has 0 saturated carbocycles. The van der Waals surface area contributed by atoms with E-state index in [9.17, 15) is 29.4 Å². The summed E-state index contributed by atoms with van der Waals surface area (Å²) < 4.78 is 0. The Labute approximate surface area is 355 Å². The molecule has 0 radical (unpaired) electrons. The van der Waals surface area contributed by atoms with E-state index in [0.29, 0.717) is 25.7 Å². The Morgan fingerprint density at radius 3 is 1.32 bits per heavy atom. The molecule has 2 saturated heterocycles. The minimum absolute atomic E-state index is 0.128. The lowest BCUT2D eigenvalue weighted by molar-refractivity contribution is -0.146. The van der Waals surface area contributed by atoms with Crippen LogP contribution in [0, 0.1) is 58.2 Å². The van der Waals surface area contributed by atoms with Gasteiger partial charge in [0, 0.05) is 48.6 Å². The molecule has 0 aromatic rings. The highest BCUT2D eigenvalue weighted by molar-refractivity contribution is 8.02. The second-order valence-electron chi connectivity index (χ2n) is 20.0. The third-order valence-electron chi connectivity index (χ3n) is 15.0. The second kappa shape index (κ2) is 17.3. The summed E-state index contributed by atoms with van der Waals surface area (Å²) in [5.41, 5.74) is 0.555. The number of nitrogens with one attached hydrogen (secondary N) is 2. The Bertz CT molecular complexity index is 1750. The number of carbonyl (C=O) groups is 6. The molecule has 2 fully saturated rings. The number of amides is 2. The lowest BCUT2D eigenvalue weighted by Gasteiger charge is -2.47. The summed E-state index contributed by atoms with van der Waals surface area (Å²) in [6, 6.07) is -0.660. The van der Waals surface area contributed by atoms with Crippen molar-refractivity contribution in [3.05, 3.63) is 46.6 Å². The van der Waals surface area contributed by atoms with Crippen molar-refractivity contribution in [2.75, 3.05) is 0 Å². The fourth-order valence-electron chi connectivity index (χ4n) is 11.9. The number of hydrogen-bond acceptors (Lipinski definition) is 9. The highest BCUT2D eigenvalue weighted by atomic mass is 32.2. The number of allylic oxidation sites excluding steroid dienone is 8. The van der Waals surface area contributed by atoms with Gasteiger partial charge >= 0.3 is 0 Å². The predicted octanol–water partition coefficient (Wildman–Crippen LogP) is 6.43. The van der Waals surface area contributed by atoms with Crippen molar-refractivity contribution < 1.29 is 39.0 Å². The van der Waals surface area contributed by atoms with Gasteiger partial charge in [-0.25, -0.2) is 0 Å². The molecule has 0 bridgehead atoms. The van der Waals surface area contributed by atoms with Crippen LogP contribution in [0.25, 0.3) is 0 Å². The Morgan fingerprint density at radius 1 is 0.627 bits per heavy atom. The summed E-state index contributed by atoms with van der Waals surface area (Å²) in [6.45, 7) is 20.3. The summed E-state index contributed by atoms with van der Waals surface area (Å²) in [5, 5.41) is 26.3. The second-order valence-corrected chi connectivity index (χ2v) is 21.4. The summed E-state index contributed by atoms with van der Waals surface area (Å²) in [6.07, 6.45) is 6.55. The van der Waals surface area contributed by atoms with Crippen LogP contribution in [-0.2, 0) is 28.8 Å². The molecule has 2 amide bonds. The molecule has 59 heavy (non-hydrogen) atoms. The van der Waals surface area contributed by atoms with Gasteiger partial charge in [0.15, 0.2) is 23.1 Å². The standard InChI is InChI=1S/C48H68N2O8S/c1-23(2)15-33-41-29(9)27(7)19-31-17-25(5)11-13-35(51)37(53)21-39(43(55)47(31,41)45(57)49-33)59-40-22-38(54)36(52)14-12-26(6)18-32-20-28(8)30(10)42-34(16-24(3)4)50-46(58)48(32,42)44(40)56/h17-20,23-24,29-36,39-42,51-52H,11-16,21-22H2,1-10H3,(H,49,57)(H,50,58)/t29-,30-,31+,32+,33+,34+,35-,36-,39-,40-,41+,42+,47+,48+/m1/s1. The first-order valence-corrected chi connectivity index (χ1v) is 23.1. The molecule has 6 rings (SSSR count). The van der Waals surface area contributed by atoms with Crippen molar-refractivity contribution in [1.29, 1.82) is 0 Å². The average molecular weight is 833 g/mol. The summed E-state index contributed by atoms with van der Waals surface area (Å²) in [4.78, 5) is 89.9. The van der Waals surface area contributed by atoms with E-state index in [0.717, 1.165) is 34.1 Å². The maximum absolute atomic E-state index is 16.0. The molecule has 324 valence electrons. The van der Waals surface area contributed by atoms with Crippen LogP contribution in [0.2, 0.25) is 0 Å². The Kier molecular flexibility index (Phi) is 13.3. The van der Waals surface area contributed by atoms with E-state index in [2.05, 4.69) is 38.3 Å². The first-order chi connectivity index (χ1) is 27.6. The number of aliphatic hydroxyl groups excluding tert-OH is 2. The average Bonchev–Trinajstić information content (AvgIpc) is 3.61. The Balaban J connectivity index is 1.56. The number of hydrogen-bond donors (Lipinski definition) is 4. The predicted molar refractivity (Wildman–Crippen MR) is 230 cm³/mol. The van der Waals surface area contributed by atoms with Crippen LogP contribution in [0.15, 0.2) is 46.6 Å². The molecule has 14 atom stereocenters. The summed E-state index contributed by atoms with van der Waals surface area (Å²) in [5.74, 6) is -5.15. The molecule has 11 heteroatoms. The van der Waals surface area contributed by atoms with E-state index >= 15 is 9.59 Å². The van der Waals surface area contributed by atoms with Crippen molar-refractivity contribution in [2.24, 2.45) is 58.2 Å². The van der Waals surface area contributed by atoms with Crippen LogP contribution >= 0.6 is 11.8 Å². The quantitative estimate of drug-likeness (QED) is 0.174. The molecule has 0 unspecified atom stereocenters. The number of aliphatic hydroxyl groups is 2. The lowest BCUT2D eigenvalue weighted by atomic mass is 9.54. The van der Waals surface area contributed by atoms with Crippen LogP contribution in [0.5, 0.6) is 0 Å². The summed E-state index contributed by atoms with van der Waals surface area (Å²) >= 11 is 0.893. The first kappa shape index (κ1) is 45.4. The van der Waals surface area contributed by atoms with Crippen LogP contribution in [0.3, 0.4) is 0 Å². The van der Waals surface area contributed by atoms with Crippen LogP contribution in [0.4, 0.5) is 0 Å². The Hall–Kier alpha value is -3.15. The lowest BCUT2D eigenvalue weighted by Crippen LogP contribution is -2.57. The molecule has 4 aliphatic carbocycles. The fourth-order valence-corrected chi connectivity index (χ4v) is 13.5.